The summed E-state index contributed by atoms with van der Waals surface area (Å²) >= 11 is 0. The van der Waals surface area contributed by atoms with Crippen molar-refractivity contribution in [3.63, 3.8) is 0 Å². The fourth-order valence-electron chi connectivity index (χ4n) is 3.15. The van der Waals surface area contributed by atoms with Gasteiger partial charge in [-0.05, 0) is 39.2 Å². The zero-order valence-electron chi connectivity index (χ0n) is 21.2. The number of nitrogens with zero attached hydrogens (tertiary/aromatic N) is 1. The van der Waals surface area contributed by atoms with E-state index in [0.717, 1.165) is 0 Å². The van der Waals surface area contributed by atoms with Gasteiger partial charge < -0.3 is 25.0 Å². The fourth-order valence-corrected chi connectivity index (χ4v) is 3.15. The van der Waals surface area contributed by atoms with Crippen LogP contribution in [0.5, 0.6) is 0 Å². The van der Waals surface area contributed by atoms with Crippen molar-refractivity contribution in [2.75, 3.05) is 34.4 Å². The molecule has 31 heavy (non-hydrogen) atoms. The van der Waals surface area contributed by atoms with Crippen molar-refractivity contribution in [1.82, 2.24) is 15.5 Å². The van der Waals surface area contributed by atoms with E-state index in [-0.39, 0.29) is 37.0 Å². The molecule has 8 heteroatoms. The van der Waals surface area contributed by atoms with Crippen molar-refractivity contribution < 1.29 is 23.9 Å². The second kappa shape index (κ2) is 12.2. The number of amides is 2. The van der Waals surface area contributed by atoms with E-state index in [0.29, 0.717) is 5.57 Å². The first-order valence-electron chi connectivity index (χ1n) is 10.8. The summed E-state index contributed by atoms with van der Waals surface area (Å²) in [5.41, 5.74) is -1.07. The summed E-state index contributed by atoms with van der Waals surface area (Å²) in [7, 11) is 4.89. The highest BCUT2D eigenvalue weighted by atomic mass is 16.5. The number of likely N-dealkylation sites (N-methyl/N-ethyl adjacent to an activating group) is 2. The maximum absolute atomic E-state index is 13.5. The number of nitrogens with one attached hydrogen (secondary N) is 2. The number of rotatable bonds is 11. The van der Waals surface area contributed by atoms with Gasteiger partial charge in [0.25, 0.3) is 0 Å². The number of ether oxygens (including phenoxy) is 2. The van der Waals surface area contributed by atoms with E-state index in [1.165, 1.54) is 7.11 Å². The Hall–Kier alpha value is -1.93. The van der Waals surface area contributed by atoms with Crippen LogP contribution in [0, 0.1) is 11.3 Å². The van der Waals surface area contributed by atoms with Crippen molar-refractivity contribution in [3.05, 3.63) is 11.6 Å². The fraction of sp³-hybridized carbons (Fsp3) is 0.783. The molecule has 0 spiro atoms. The van der Waals surface area contributed by atoms with Crippen molar-refractivity contribution in [3.8, 4) is 0 Å². The molecule has 0 bridgehead atoms. The van der Waals surface area contributed by atoms with E-state index >= 15 is 0 Å². The summed E-state index contributed by atoms with van der Waals surface area (Å²) in [5, 5.41) is 5.89. The van der Waals surface area contributed by atoms with Crippen LogP contribution >= 0.6 is 0 Å². The molecule has 0 aromatic carbocycles. The topological polar surface area (TPSA) is 97.0 Å². The smallest absolute Gasteiger partial charge is 0.333 e. The molecule has 0 saturated carbocycles. The first-order chi connectivity index (χ1) is 14.2. The standard InChI is InChI=1S/C23H43N3O5/c1-12-31-20(28)16(4)13-17(15(2)3)26(10)19(27)18(22(5,6)7)25-21(29)23(8,24-9)14-30-11/h13,15,17-18,24H,12,14H2,1-11H3,(H,25,29)/t17-,18-,23?/m1/s1. The maximum Gasteiger partial charge on any atom is 0.333 e. The van der Waals surface area contributed by atoms with Gasteiger partial charge in [0.05, 0.1) is 19.3 Å². The second-order valence-electron chi connectivity index (χ2n) is 9.54. The average Bonchev–Trinajstić information content (AvgIpc) is 2.67. The molecule has 0 rings (SSSR count). The van der Waals surface area contributed by atoms with Gasteiger partial charge in [-0.3, -0.25) is 9.59 Å². The van der Waals surface area contributed by atoms with E-state index in [4.69, 9.17) is 9.47 Å². The molecule has 0 aliphatic heterocycles. The zero-order chi connectivity index (χ0) is 24.6. The molecule has 2 N–H and O–H groups in total. The Balaban J connectivity index is 5.91. The second-order valence-corrected chi connectivity index (χ2v) is 9.54. The van der Waals surface area contributed by atoms with Crippen LogP contribution in [0.2, 0.25) is 0 Å². The number of carbonyl (C=O) groups excluding carboxylic acids is 3. The lowest BCUT2D eigenvalue weighted by molar-refractivity contribution is -0.142. The van der Waals surface area contributed by atoms with E-state index in [1.807, 2.05) is 34.6 Å². The van der Waals surface area contributed by atoms with Crippen LogP contribution in [-0.4, -0.2) is 74.7 Å². The Morgan fingerprint density at radius 1 is 1.13 bits per heavy atom. The van der Waals surface area contributed by atoms with Gasteiger partial charge in [-0.1, -0.05) is 40.7 Å². The summed E-state index contributed by atoms with van der Waals surface area (Å²) in [6.07, 6.45) is 1.75. The van der Waals surface area contributed by atoms with Crippen LogP contribution in [0.15, 0.2) is 11.6 Å². The minimum absolute atomic E-state index is 0.0470. The summed E-state index contributed by atoms with van der Waals surface area (Å²) in [6, 6.07) is -1.11. The third kappa shape index (κ3) is 8.26. The first kappa shape index (κ1) is 29.1. The van der Waals surface area contributed by atoms with Crippen LogP contribution < -0.4 is 10.6 Å². The summed E-state index contributed by atoms with van der Waals surface area (Å²) < 4.78 is 10.2. The number of hydrogen-bond donors (Lipinski definition) is 2. The lowest BCUT2D eigenvalue weighted by atomic mass is 9.84. The van der Waals surface area contributed by atoms with Crippen LogP contribution in [0.25, 0.3) is 0 Å². The molecule has 0 aromatic heterocycles. The first-order valence-corrected chi connectivity index (χ1v) is 10.8. The molecule has 0 aromatic rings. The van der Waals surface area contributed by atoms with E-state index in [2.05, 4.69) is 10.6 Å². The third-order valence-electron chi connectivity index (χ3n) is 5.37. The summed E-state index contributed by atoms with van der Waals surface area (Å²) in [5.74, 6) is -0.911. The van der Waals surface area contributed by atoms with Gasteiger partial charge >= 0.3 is 5.97 Å². The molecule has 0 aliphatic carbocycles. The van der Waals surface area contributed by atoms with Crippen molar-refractivity contribution in [1.29, 1.82) is 0 Å². The van der Waals surface area contributed by atoms with E-state index in [9.17, 15) is 14.4 Å². The van der Waals surface area contributed by atoms with Crippen LogP contribution in [0.1, 0.15) is 55.4 Å². The highest BCUT2D eigenvalue weighted by Crippen LogP contribution is 2.24. The van der Waals surface area contributed by atoms with Crippen LogP contribution in [0.3, 0.4) is 0 Å². The van der Waals surface area contributed by atoms with Gasteiger partial charge in [0.15, 0.2) is 0 Å². The molecular formula is C23H43N3O5. The quantitative estimate of drug-likeness (QED) is 0.377. The molecule has 0 radical (unpaired) electrons. The van der Waals surface area contributed by atoms with E-state index in [1.54, 1.807) is 45.8 Å². The van der Waals surface area contributed by atoms with Crippen LogP contribution in [-0.2, 0) is 23.9 Å². The molecule has 3 atom stereocenters. The van der Waals surface area contributed by atoms with Crippen molar-refractivity contribution >= 4 is 17.8 Å². The van der Waals surface area contributed by atoms with Gasteiger partial charge in [-0.25, -0.2) is 4.79 Å². The molecule has 2 amide bonds. The molecular weight excluding hydrogens is 398 g/mol. The maximum atomic E-state index is 13.5. The SMILES string of the molecule is CCOC(=O)C(C)=C[C@H](C(C)C)N(C)C(=O)[C@@H](NC(=O)C(C)(COC)NC)C(C)(C)C. The molecule has 0 saturated heterocycles. The van der Waals surface area contributed by atoms with Crippen molar-refractivity contribution in [2.24, 2.45) is 11.3 Å². The Kier molecular flexibility index (Phi) is 11.4. The molecule has 0 aliphatic rings. The predicted octanol–water partition coefficient (Wildman–Crippen LogP) is 2.13. The molecule has 8 nitrogen and oxygen atoms in total. The Morgan fingerprint density at radius 3 is 2.06 bits per heavy atom. The van der Waals surface area contributed by atoms with E-state index < -0.39 is 23.0 Å². The minimum Gasteiger partial charge on any atom is -0.463 e. The normalized spacial score (nSPS) is 16.3. The highest BCUT2D eigenvalue weighted by molar-refractivity contribution is 5.93. The Labute approximate surface area is 188 Å². The van der Waals surface area contributed by atoms with Crippen molar-refractivity contribution in [2.45, 2.75) is 73.0 Å². The highest BCUT2D eigenvalue weighted by Gasteiger charge is 2.41. The van der Waals surface area contributed by atoms with Crippen LogP contribution in [0.4, 0.5) is 0 Å². The number of carbonyl (C=O) groups is 3. The predicted molar refractivity (Wildman–Crippen MR) is 123 cm³/mol. The largest absolute Gasteiger partial charge is 0.463 e. The Bertz CT molecular complexity index is 654. The number of esters is 1. The zero-order valence-corrected chi connectivity index (χ0v) is 21.2. The number of methoxy groups -OCH3 is 1. The Morgan fingerprint density at radius 2 is 1.68 bits per heavy atom. The van der Waals surface area contributed by atoms with Gasteiger partial charge in [0.2, 0.25) is 11.8 Å². The third-order valence-corrected chi connectivity index (χ3v) is 5.37. The van der Waals surface area contributed by atoms with Gasteiger partial charge in [-0.2, -0.15) is 0 Å². The molecule has 0 heterocycles. The lowest BCUT2D eigenvalue weighted by Gasteiger charge is -2.39. The molecule has 1 unspecified atom stereocenters. The molecule has 180 valence electrons. The summed E-state index contributed by atoms with van der Waals surface area (Å²) in [6.45, 7) is 15.3. The van der Waals surface area contributed by atoms with Gasteiger partial charge in [0.1, 0.15) is 11.6 Å². The number of hydrogen-bond acceptors (Lipinski definition) is 6. The monoisotopic (exact) mass is 441 g/mol. The lowest BCUT2D eigenvalue weighted by Crippen LogP contribution is -2.63. The molecule has 0 fully saturated rings. The minimum atomic E-state index is -0.977. The van der Waals surface area contributed by atoms with Gasteiger partial charge in [-0.15, -0.1) is 0 Å². The van der Waals surface area contributed by atoms with Gasteiger partial charge in [0, 0.05) is 19.7 Å². The average molecular weight is 442 g/mol. The summed E-state index contributed by atoms with van der Waals surface area (Å²) in [4.78, 5) is 40.2.